The van der Waals surface area contributed by atoms with Gasteiger partial charge in [0.2, 0.25) is 5.91 Å². The largest absolute Gasteiger partial charge is 0.382 e. The maximum atomic E-state index is 11.7. The van der Waals surface area contributed by atoms with Gasteiger partial charge in [-0.3, -0.25) is 9.35 Å². The van der Waals surface area contributed by atoms with Crippen LogP contribution in [0.3, 0.4) is 0 Å². The zero-order valence-electron chi connectivity index (χ0n) is 12.2. The SMILES string of the molecule is O=C(CS(=O)(=O)O)Nc1ccc(NCC2CO2)c2ccccc12. The number of rotatable bonds is 6. The number of carbonyl (C=O) groups is 1. The van der Waals surface area contributed by atoms with E-state index in [2.05, 4.69) is 10.6 Å². The van der Waals surface area contributed by atoms with Crippen LogP contribution in [0.15, 0.2) is 36.4 Å². The van der Waals surface area contributed by atoms with Crippen LogP contribution in [0.4, 0.5) is 11.4 Å². The first-order chi connectivity index (χ1) is 10.9. The van der Waals surface area contributed by atoms with Crippen molar-refractivity contribution in [2.75, 3.05) is 29.5 Å². The summed E-state index contributed by atoms with van der Waals surface area (Å²) in [6.45, 7) is 1.47. The van der Waals surface area contributed by atoms with Crippen LogP contribution in [0.5, 0.6) is 0 Å². The number of hydrogen-bond acceptors (Lipinski definition) is 5. The molecule has 1 atom stereocenters. The molecule has 2 aromatic carbocycles. The quantitative estimate of drug-likeness (QED) is 0.545. The van der Waals surface area contributed by atoms with Gasteiger partial charge in [-0.15, -0.1) is 0 Å². The Balaban J connectivity index is 1.86. The van der Waals surface area contributed by atoms with Crippen LogP contribution in [-0.2, 0) is 19.6 Å². The summed E-state index contributed by atoms with van der Waals surface area (Å²) in [4.78, 5) is 11.7. The zero-order valence-corrected chi connectivity index (χ0v) is 13.0. The maximum absolute atomic E-state index is 11.7. The molecule has 1 unspecified atom stereocenters. The molecule has 1 aliphatic heterocycles. The van der Waals surface area contributed by atoms with Gasteiger partial charge < -0.3 is 15.4 Å². The van der Waals surface area contributed by atoms with Gasteiger partial charge in [-0.05, 0) is 12.1 Å². The summed E-state index contributed by atoms with van der Waals surface area (Å²) in [5, 5.41) is 7.49. The lowest BCUT2D eigenvalue weighted by molar-refractivity contribution is -0.113. The Kier molecular flexibility index (Phi) is 4.20. The van der Waals surface area contributed by atoms with Gasteiger partial charge in [-0.2, -0.15) is 8.42 Å². The second-order valence-corrected chi connectivity index (χ2v) is 6.77. The van der Waals surface area contributed by atoms with Gasteiger partial charge in [-0.1, -0.05) is 24.3 Å². The Labute approximate surface area is 133 Å². The van der Waals surface area contributed by atoms with E-state index in [9.17, 15) is 13.2 Å². The average molecular weight is 336 g/mol. The lowest BCUT2D eigenvalue weighted by Crippen LogP contribution is -2.22. The molecule has 0 spiro atoms. The van der Waals surface area contributed by atoms with E-state index in [1.807, 2.05) is 30.3 Å². The summed E-state index contributed by atoms with van der Waals surface area (Å²) in [7, 11) is -4.35. The number of benzene rings is 2. The molecule has 3 N–H and O–H groups in total. The number of ether oxygens (including phenoxy) is 1. The number of epoxide rings is 1. The first-order valence-corrected chi connectivity index (χ1v) is 8.65. The molecule has 0 aromatic heterocycles. The van der Waals surface area contributed by atoms with Crippen molar-refractivity contribution in [3.05, 3.63) is 36.4 Å². The fourth-order valence-electron chi connectivity index (χ4n) is 2.32. The van der Waals surface area contributed by atoms with Crippen molar-refractivity contribution in [3.63, 3.8) is 0 Å². The number of anilines is 2. The van der Waals surface area contributed by atoms with Crippen LogP contribution in [0.25, 0.3) is 10.8 Å². The summed E-state index contributed by atoms with van der Waals surface area (Å²) in [5.74, 6) is -1.76. The molecule has 0 radical (unpaired) electrons. The Bertz CT molecular complexity index is 846. The highest BCUT2D eigenvalue weighted by molar-refractivity contribution is 7.86. The molecule has 1 amide bonds. The number of fused-ring (bicyclic) bond motifs is 1. The standard InChI is InChI=1S/C15H16N2O5S/c18-15(9-23(19,20)21)17-14-6-5-13(16-7-10-8-22-10)11-3-1-2-4-12(11)14/h1-6,10,16H,7-9H2,(H,17,18)(H,19,20,21). The molecule has 1 fully saturated rings. The highest BCUT2D eigenvalue weighted by Gasteiger charge is 2.22. The molecule has 1 saturated heterocycles. The first-order valence-electron chi connectivity index (χ1n) is 7.04. The van der Waals surface area contributed by atoms with Crippen molar-refractivity contribution >= 4 is 38.2 Å². The summed E-state index contributed by atoms with van der Waals surface area (Å²) in [6, 6.07) is 11.0. The van der Waals surface area contributed by atoms with Crippen LogP contribution >= 0.6 is 0 Å². The van der Waals surface area contributed by atoms with E-state index in [0.717, 1.165) is 23.1 Å². The molecule has 23 heavy (non-hydrogen) atoms. The van der Waals surface area contributed by atoms with E-state index in [1.54, 1.807) is 6.07 Å². The predicted octanol–water partition coefficient (Wildman–Crippen LogP) is 1.48. The first kappa shape index (κ1) is 15.7. The van der Waals surface area contributed by atoms with Crippen LogP contribution in [0.2, 0.25) is 0 Å². The second kappa shape index (κ2) is 6.15. The van der Waals surface area contributed by atoms with Crippen molar-refractivity contribution in [2.24, 2.45) is 0 Å². The monoisotopic (exact) mass is 336 g/mol. The molecule has 3 rings (SSSR count). The minimum Gasteiger partial charge on any atom is -0.382 e. The van der Waals surface area contributed by atoms with Crippen LogP contribution in [0.1, 0.15) is 0 Å². The molecule has 1 heterocycles. The Morgan fingerprint density at radius 2 is 1.78 bits per heavy atom. The van der Waals surface area contributed by atoms with Crippen molar-refractivity contribution < 1.29 is 22.5 Å². The summed E-state index contributed by atoms with van der Waals surface area (Å²) in [5.41, 5.74) is 1.39. The number of carbonyl (C=O) groups excluding carboxylic acids is 1. The molecule has 122 valence electrons. The number of hydrogen-bond donors (Lipinski definition) is 3. The Morgan fingerprint density at radius 1 is 1.17 bits per heavy atom. The van der Waals surface area contributed by atoms with Gasteiger partial charge in [0, 0.05) is 28.7 Å². The lowest BCUT2D eigenvalue weighted by atomic mass is 10.1. The highest BCUT2D eigenvalue weighted by atomic mass is 32.2. The minimum atomic E-state index is -4.35. The number of amides is 1. The van der Waals surface area contributed by atoms with Crippen molar-refractivity contribution in [3.8, 4) is 0 Å². The third kappa shape index (κ3) is 4.19. The maximum Gasteiger partial charge on any atom is 0.274 e. The molecule has 7 nitrogen and oxygen atoms in total. The van der Waals surface area contributed by atoms with E-state index in [-0.39, 0.29) is 6.10 Å². The second-order valence-electron chi connectivity index (χ2n) is 5.32. The Morgan fingerprint density at radius 3 is 2.39 bits per heavy atom. The van der Waals surface area contributed by atoms with E-state index in [0.29, 0.717) is 12.2 Å². The van der Waals surface area contributed by atoms with Gasteiger partial charge in [0.25, 0.3) is 10.1 Å². The van der Waals surface area contributed by atoms with Crippen molar-refractivity contribution in [1.82, 2.24) is 0 Å². The molecular formula is C15H16N2O5S. The fraction of sp³-hybridized carbons (Fsp3) is 0.267. The predicted molar refractivity (Wildman–Crippen MR) is 87.2 cm³/mol. The molecule has 2 aromatic rings. The minimum absolute atomic E-state index is 0.239. The van der Waals surface area contributed by atoms with Gasteiger partial charge >= 0.3 is 0 Å². The van der Waals surface area contributed by atoms with Crippen LogP contribution < -0.4 is 10.6 Å². The third-order valence-corrected chi connectivity index (χ3v) is 4.06. The van der Waals surface area contributed by atoms with E-state index >= 15 is 0 Å². The molecule has 0 aliphatic carbocycles. The van der Waals surface area contributed by atoms with Gasteiger partial charge in [0.05, 0.1) is 12.7 Å². The third-order valence-electron chi connectivity index (χ3n) is 3.43. The fourth-order valence-corrected chi connectivity index (χ4v) is 2.73. The number of nitrogens with one attached hydrogen (secondary N) is 2. The molecule has 0 saturated carbocycles. The van der Waals surface area contributed by atoms with E-state index in [1.165, 1.54) is 0 Å². The zero-order chi connectivity index (χ0) is 16.4. The summed E-state index contributed by atoms with van der Waals surface area (Å²) < 4.78 is 35.5. The van der Waals surface area contributed by atoms with Crippen LogP contribution in [-0.4, -0.2) is 43.9 Å². The smallest absolute Gasteiger partial charge is 0.274 e. The van der Waals surface area contributed by atoms with E-state index < -0.39 is 21.8 Å². The summed E-state index contributed by atoms with van der Waals surface area (Å²) >= 11 is 0. The molecule has 1 aliphatic rings. The van der Waals surface area contributed by atoms with Crippen LogP contribution in [0, 0.1) is 0 Å². The molecule has 0 bridgehead atoms. The Hall–Kier alpha value is -2.16. The average Bonchev–Trinajstić information content (AvgIpc) is 3.28. The van der Waals surface area contributed by atoms with Gasteiger partial charge in [-0.25, -0.2) is 0 Å². The van der Waals surface area contributed by atoms with E-state index in [4.69, 9.17) is 9.29 Å². The molecular weight excluding hydrogens is 320 g/mol. The normalized spacial score (nSPS) is 17.0. The van der Waals surface area contributed by atoms with Gasteiger partial charge in [0.1, 0.15) is 0 Å². The topological polar surface area (TPSA) is 108 Å². The summed E-state index contributed by atoms with van der Waals surface area (Å²) in [6.07, 6.45) is 0.239. The highest BCUT2D eigenvalue weighted by Crippen LogP contribution is 2.30. The van der Waals surface area contributed by atoms with Crippen molar-refractivity contribution in [1.29, 1.82) is 0 Å². The molecule has 8 heteroatoms. The van der Waals surface area contributed by atoms with Crippen molar-refractivity contribution in [2.45, 2.75) is 6.10 Å². The van der Waals surface area contributed by atoms with Gasteiger partial charge in [0.15, 0.2) is 5.75 Å². The lowest BCUT2D eigenvalue weighted by Gasteiger charge is -2.13.